The molecule has 0 amide bonds. The molecule has 0 atom stereocenters. The summed E-state index contributed by atoms with van der Waals surface area (Å²) in [5, 5.41) is 0. The molecule has 2 aromatic rings. The van der Waals surface area contributed by atoms with E-state index in [4.69, 9.17) is 10.5 Å². The van der Waals surface area contributed by atoms with E-state index >= 15 is 0 Å². The SMILES string of the molecule is CC(C)(C)OC(=O)CSCCc1nc2ccc(N)cc2[nH]1. The van der Waals surface area contributed by atoms with Crippen molar-refractivity contribution in [2.24, 2.45) is 0 Å². The maximum atomic E-state index is 11.6. The van der Waals surface area contributed by atoms with Crippen molar-refractivity contribution in [1.82, 2.24) is 9.97 Å². The van der Waals surface area contributed by atoms with Gasteiger partial charge in [0.2, 0.25) is 0 Å². The van der Waals surface area contributed by atoms with Gasteiger partial charge in [-0.05, 0) is 39.0 Å². The van der Waals surface area contributed by atoms with Gasteiger partial charge in [0.15, 0.2) is 0 Å². The molecule has 0 fully saturated rings. The zero-order valence-corrected chi connectivity index (χ0v) is 13.4. The number of hydrogen-bond acceptors (Lipinski definition) is 5. The first-order valence-electron chi connectivity index (χ1n) is 6.87. The smallest absolute Gasteiger partial charge is 0.316 e. The highest BCUT2D eigenvalue weighted by Gasteiger charge is 2.15. The largest absolute Gasteiger partial charge is 0.459 e. The summed E-state index contributed by atoms with van der Waals surface area (Å²) in [6, 6.07) is 5.61. The van der Waals surface area contributed by atoms with Crippen LogP contribution in [0.4, 0.5) is 5.69 Å². The Hall–Kier alpha value is -1.69. The van der Waals surface area contributed by atoms with Gasteiger partial charge in [-0.15, -0.1) is 11.8 Å². The first kappa shape index (κ1) is 15.7. The minimum absolute atomic E-state index is 0.176. The Morgan fingerprint density at radius 3 is 2.90 bits per heavy atom. The molecule has 0 saturated heterocycles. The number of nitrogens with one attached hydrogen (secondary N) is 1. The average Bonchev–Trinajstić information content (AvgIpc) is 2.74. The van der Waals surface area contributed by atoms with E-state index in [0.29, 0.717) is 5.75 Å². The molecular weight excluding hydrogens is 286 g/mol. The highest BCUT2D eigenvalue weighted by atomic mass is 32.2. The molecular formula is C15H21N3O2S. The molecule has 3 N–H and O–H groups in total. The number of carbonyl (C=O) groups excluding carboxylic acids is 1. The Morgan fingerprint density at radius 1 is 1.43 bits per heavy atom. The third-order valence-electron chi connectivity index (χ3n) is 2.68. The molecule has 0 aliphatic rings. The van der Waals surface area contributed by atoms with Crippen LogP contribution in [0.3, 0.4) is 0 Å². The van der Waals surface area contributed by atoms with Gasteiger partial charge >= 0.3 is 5.97 Å². The van der Waals surface area contributed by atoms with E-state index in [0.717, 1.165) is 34.7 Å². The van der Waals surface area contributed by atoms with Crippen LogP contribution in [0.2, 0.25) is 0 Å². The van der Waals surface area contributed by atoms with Crippen molar-refractivity contribution in [3.05, 3.63) is 24.0 Å². The molecule has 0 aliphatic heterocycles. The summed E-state index contributed by atoms with van der Waals surface area (Å²) in [6.07, 6.45) is 0.780. The van der Waals surface area contributed by atoms with Crippen LogP contribution in [0.15, 0.2) is 18.2 Å². The number of H-pyrrole nitrogens is 1. The molecule has 0 radical (unpaired) electrons. The summed E-state index contributed by atoms with van der Waals surface area (Å²) in [5.74, 6) is 1.91. The summed E-state index contributed by atoms with van der Waals surface area (Å²) in [5.41, 5.74) is 7.89. The number of rotatable bonds is 5. The first-order valence-corrected chi connectivity index (χ1v) is 8.03. The van der Waals surface area contributed by atoms with Gasteiger partial charge in [0, 0.05) is 17.9 Å². The van der Waals surface area contributed by atoms with Crippen LogP contribution in [0, 0.1) is 0 Å². The van der Waals surface area contributed by atoms with Gasteiger partial charge in [0.05, 0.1) is 16.8 Å². The minimum atomic E-state index is -0.420. The van der Waals surface area contributed by atoms with Crippen LogP contribution in [0.25, 0.3) is 11.0 Å². The molecule has 0 unspecified atom stereocenters. The Balaban J connectivity index is 1.79. The summed E-state index contributed by atoms with van der Waals surface area (Å²) < 4.78 is 5.25. The summed E-state index contributed by atoms with van der Waals surface area (Å²) in [7, 11) is 0. The molecule has 114 valence electrons. The van der Waals surface area contributed by atoms with Crippen molar-refractivity contribution in [1.29, 1.82) is 0 Å². The number of nitrogen functional groups attached to an aromatic ring is 1. The van der Waals surface area contributed by atoms with Crippen LogP contribution in [-0.4, -0.2) is 33.0 Å². The first-order chi connectivity index (χ1) is 9.83. The summed E-state index contributed by atoms with van der Waals surface area (Å²) >= 11 is 1.55. The van der Waals surface area contributed by atoms with Gasteiger partial charge in [-0.1, -0.05) is 0 Å². The molecule has 0 bridgehead atoms. The van der Waals surface area contributed by atoms with Gasteiger partial charge in [0.1, 0.15) is 11.4 Å². The number of aryl methyl sites for hydroxylation is 1. The maximum absolute atomic E-state index is 11.6. The average molecular weight is 307 g/mol. The van der Waals surface area contributed by atoms with Crippen molar-refractivity contribution >= 4 is 34.5 Å². The van der Waals surface area contributed by atoms with Crippen molar-refractivity contribution < 1.29 is 9.53 Å². The predicted molar refractivity (Wildman–Crippen MR) is 87.4 cm³/mol. The topological polar surface area (TPSA) is 81.0 Å². The quantitative estimate of drug-likeness (QED) is 0.504. The summed E-state index contributed by atoms with van der Waals surface area (Å²) in [4.78, 5) is 19.3. The Kier molecular flexibility index (Phi) is 4.77. The lowest BCUT2D eigenvalue weighted by molar-refractivity contribution is -0.151. The number of aromatic amines is 1. The molecule has 1 aromatic heterocycles. The lowest BCUT2D eigenvalue weighted by atomic mass is 10.2. The maximum Gasteiger partial charge on any atom is 0.316 e. The van der Waals surface area contributed by atoms with E-state index < -0.39 is 5.60 Å². The Labute approximate surface area is 128 Å². The fourth-order valence-electron chi connectivity index (χ4n) is 1.89. The zero-order valence-electron chi connectivity index (χ0n) is 12.6. The highest BCUT2D eigenvalue weighted by Crippen LogP contribution is 2.16. The van der Waals surface area contributed by atoms with E-state index in [1.807, 2.05) is 39.0 Å². The fraction of sp³-hybridized carbons (Fsp3) is 0.467. The molecule has 1 aromatic carbocycles. The number of nitrogens with zero attached hydrogens (tertiary/aromatic N) is 1. The van der Waals surface area contributed by atoms with Gasteiger partial charge in [-0.25, -0.2) is 4.98 Å². The van der Waals surface area contributed by atoms with Crippen LogP contribution in [0.1, 0.15) is 26.6 Å². The number of anilines is 1. The summed E-state index contributed by atoms with van der Waals surface area (Å²) in [6.45, 7) is 5.61. The molecule has 21 heavy (non-hydrogen) atoms. The van der Waals surface area contributed by atoms with Crippen molar-refractivity contribution in [3.63, 3.8) is 0 Å². The van der Waals surface area contributed by atoms with E-state index in [1.165, 1.54) is 0 Å². The number of imidazole rings is 1. The zero-order chi connectivity index (χ0) is 15.5. The highest BCUT2D eigenvalue weighted by molar-refractivity contribution is 7.99. The molecule has 2 rings (SSSR count). The van der Waals surface area contributed by atoms with Crippen LogP contribution >= 0.6 is 11.8 Å². The molecule has 0 aliphatic carbocycles. The number of esters is 1. The van der Waals surface area contributed by atoms with Crippen LogP contribution in [0.5, 0.6) is 0 Å². The number of fused-ring (bicyclic) bond motifs is 1. The van der Waals surface area contributed by atoms with Gasteiger partial charge in [-0.3, -0.25) is 4.79 Å². The number of nitrogens with two attached hydrogens (primary N) is 1. The normalized spacial score (nSPS) is 11.8. The molecule has 0 spiro atoms. The second-order valence-corrected chi connectivity index (χ2v) is 6.95. The van der Waals surface area contributed by atoms with Gasteiger partial charge in [0.25, 0.3) is 0 Å². The number of ether oxygens (including phenoxy) is 1. The van der Waals surface area contributed by atoms with E-state index in [-0.39, 0.29) is 5.97 Å². The number of hydrogen-bond donors (Lipinski definition) is 2. The molecule has 0 saturated carbocycles. The van der Waals surface area contributed by atoms with Crippen molar-refractivity contribution in [2.75, 3.05) is 17.2 Å². The standard InChI is InChI=1S/C15H21N3O2S/c1-15(2,3)20-14(19)9-21-7-6-13-17-11-5-4-10(16)8-12(11)18-13/h4-5,8H,6-7,9,16H2,1-3H3,(H,17,18). The van der Waals surface area contributed by atoms with E-state index in [1.54, 1.807) is 11.8 Å². The van der Waals surface area contributed by atoms with Crippen LogP contribution < -0.4 is 5.73 Å². The second kappa shape index (κ2) is 6.39. The number of benzene rings is 1. The van der Waals surface area contributed by atoms with Crippen molar-refractivity contribution in [3.8, 4) is 0 Å². The minimum Gasteiger partial charge on any atom is -0.459 e. The third kappa shape index (κ3) is 4.97. The monoisotopic (exact) mass is 307 g/mol. The lowest BCUT2D eigenvalue weighted by Crippen LogP contribution is -2.25. The molecule has 1 heterocycles. The molecule has 5 nitrogen and oxygen atoms in total. The predicted octanol–water partition coefficient (Wildman–Crippen LogP) is 2.76. The van der Waals surface area contributed by atoms with E-state index in [2.05, 4.69) is 9.97 Å². The van der Waals surface area contributed by atoms with Crippen LogP contribution in [-0.2, 0) is 16.0 Å². The second-order valence-electron chi connectivity index (χ2n) is 5.85. The fourth-order valence-corrected chi connectivity index (χ4v) is 2.60. The lowest BCUT2D eigenvalue weighted by Gasteiger charge is -2.19. The third-order valence-corrected chi connectivity index (χ3v) is 3.61. The van der Waals surface area contributed by atoms with Crippen molar-refractivity contribution in [2.45, 2.75) is 32.8 Å². The van der Waals surface area contributed by atoms with Gasteiger partial charge in [-0.2, -0.15) is 0 Å². The molecule has 6 heteroatoms. The van der Waals surface area contributed by atoms with Gasteiger partial charge < -0.3 is 15.5 Å². The number of thioether (sulfide) groups is 1. The number of carbonyl (C=O) groups is 1. The van der Waals surface area contributed by atoms with E-state index in [9.17, 15) is 4.79 Å². The Morgan fingerprint density at radius 2 is 2.19 bits per heavy atom. The number of aromatic nitrogens is 2. The Bertz CT molecular complexity index is 631.